The fraction of sp³-hybridized carbons (Fsp3) is 0.643. The van der Waals surface area contributed by atoms with E-state index in [9.17, 15) is 4.79 Å². The Kier molecular flexibility index (Phi) is 4.02. The number of aromatic nitrogens is 2. The first kappa shape index (κ1) is 13.8. The molecule has 5 heteroatoms. The minimum absolute atomic E-state index is 0.0296. The first-order chi connectivity index (χ1) is 9.00. The molecule has 0 spiro atoms. The lowest BCUT2D eigenvalue weighted by molar-refractivity contribution is 0.0824. The van der Waals surface area contributed by atoms with Gasteiger partial charge in [-0.3, -0.25) is 4.79 Å². The van der Waals surface area contributed by atoms with Crippen LogP contribution in [0.25, 0.3) is 0 Å². The van der Waals surface area contributed by atoms with Gasteiger partial charge in [-0.05, 0) is 19.8 Å². The third kappa shape index (κ3) is 2.85. The van der Waals surface area contributed by atoms with E-state index >= 15 is 0 Å². The molecule has 0 unspecified atom stereocenters. The molecular formula is C14H22N4O. The van der Waals surface area contributed by atoms with Crippen molar-refractivity contribution in [2.24, 2.45) is 0 Å². The van der Waals surface area contributed by atoms with E-state index < -0.39 is 0 Å². The molecule has 19 heavy (non-hydrogen) atoms. The molecule has 0 radical (unpaired) electrons. The summed E-state index contributed by atoms with van der Waals surface area (Å²) in [5, 5.41) is 0. The molecule has 1 aromatic heterocycles. The molecule has 0 aromatic carbocycles. The van der Waals surface area contributed by atoms with E-state index in [4.69, 9.17) is 5.73 Å². The number of anilines is 1. The van der Waals surface area contributed by atoms with Crippen molar-refractivity contribution in [2.75, 3.05) is 19.8 Å². The van der Waals surface area contributed by atoms with Gasteiger partial charge in [-0.25, -0.2) is 9.97 Å². The summed E-state index contributed by atoms with van der Waals surface area (Å²) in [6.45, 7) is 1.83. The Bertz CT molecular complexity index is 479. The van der Waals surface area contributed by atoms with E-state index in [0.717, 1.165) is 18.5 Å². The summed E-state index contributed by atoms with van der Waals surface area (Å²) in [6.07, 6.45) is 5.84. The molecule has 104 valence electrons. The van der Waals surface area contributed by atoms with Crippen LogP contribution in [0, 0.1) is 6.92 Å². The number of hydrogen-bond acceptors (Lipinski definition) is 4. The van der Waals surface area contributed by atoms with Crippen LogP contribution in [0.4, 0.5) is 5.95 Å². The second-order valence-corrected chi connectivity index (χ2v) is 5.46. The van der Waals surface area contributed by atoms with Crippen LogP contribution in [0.1, 0.15) is 59.8 Å². The molecule has 2 N–H and O–H groups in total. The summed E-state index contributed by atoms with van der Waals surface area (Å²) < 4.78 is 0. The lowest BCUT2D eigenvalue weighted by Gasteiger charge is -2.24. The number of nitrogens with two attached hydrogens (primary N) is 1. The van der Waals surface area contributed by atoms with Crippen LogP contribution in [0.3, 0.4) is 0 Å². The van der Waals surface area contributed by atoms with Gasteiger partial charge in [0.25, 0.3) is 5.91 Å². The van der Waals surface area contributed by atoms with Gasteiger partial charge >= 0.3 is 0 Å². The third-order valence-electron chi connectivity index (χ3n) is 3.75. The zero-order valence-electron chi connectivity index (χ0n) is 11.9. The Balaban J connectivity index is 2.47. The molecule has 1 fully saturated rings. The van der Waals surface area contributed by atoms with E-state index in [-0.39, 0.29) is 11.9 Å². The number of nitrogens with zero attached hydrogens (tertiary/aromatic N) is 3. The molecule has 0 aliphatic heterocycles. The quantitative estimate of drug-likeness (QED) is 0.886. The normalized spacial score (nSPS) is 16.4. The van der Waals surface area contributed by atoms with Crippen LogP contribution in [-0.4, -0.2) is 34.9 Å². The number of carbonyl (C=O) groups is 1. The number of nitrogen functional groups attached to an aromatic ring is 1. The minimum Gasteiger partial charge on any atom is -0.368 e. The van der Waals surface area contributed by atoms with Gasteiger partial charge in [-0.1, -0.05) is 19.3 Å². The van der Waals surface area contributed by atoms with Gasteiger partial charge in [-0.15, -0.1) is 0 Å². The minimum atomic E-state index is -0.0296. The molecule has 1 aliphatic rings. The molecular weight excluding hydrogens is 240 g/mol. The Hall–Kier alpha value is -1.65. The second-order valence-electron chi connectivity index (χ2n) is 5.46. The van der Waals surface area contributed by atoms with Crippen molar-refractivity contribution in [3.63, 3.8) is 0 Å². The highest BCUT2D eigenvalue weighted by Gasteiger charge is 2.26. The fourth-order valence-corrected chi connectivity index (χ4v) is 2.78. The average Bonchev–Trinajstić information content (AvgIpc) is 2.38. The third-order valence-corrected chi connectivity index (χ3v) is 3.75. The van der Waals surface area contributed by atoms with Gasteiger partial charge in [0.15, 0.2) is 0 Å². The molecule has 1 aromatic rings. The Labute approximate surface area is 114 Å². The van der Waals surface area contributed by atoms with E-state index in [1.54, 1.807) is 19.0 Å². The van der Waals surface area contributed by atoms with Crippen LogP contribution in [0.2, 0.25) is 0 Å². The highest BCUT2D eigenvalue weighted by Crippen LogP contribution is 2.34. The van der Waals surface area contributed by atoms with Crippen LogP contribution >= 0.6 is 0 Å². The van der Waals surface area contributed by atoms with E-state index in [1.807, 2.05) is 6.92 Å². The average molecular weight is 262 g/mol. The summed E-state index contributed by atoms with van der Waals surface area (Å²) in [6, 6.07) is 0. The molecule has 1 heterocycles. The standard InChI is InChI=1S/C14H22N4O/c1-9-11(13(19)18(2)3)12(17-14(15)16-9)10-7-5-4-6-8-10/h10H,4-8H2,1-3H3,(H2,15,16,17). The van der Waals surface area contributed by atoms with Crippen molar-refractivity contribution < 1.29 is 4.79 Å². The van der Waals surface area contributed by atoms with Crippen LogP contribution < -0.4 is 5.73 Å². The van der Waals surface area contributed by atoms with E-state index in [2.05, 4.69) is 9.97 Å². The number of hydrogen-bond donors (Lipinski definition) is 1. The second kappa shape index (κ2) is 5.55. The maximum absolute atomic E-state index is 12.3. The highest BCUT2D eigenvalue weighted by molar-refractivity contribution is 5.96. The van der Waals surface area contributed by atoms with Gasteiger partial charge < -0.3 is 10.6 Å². The molecule has 0 saturated heterocycles. The smallest absolute Gasteiger partial charge is 0.257 e. The van der Waals surface area contributed by atoms with Crippen LogP contribution in [0.15, 0.2) is 0 Å². The van der Waals surface area contributed by atoms with Crippen LogP contribution in [-0.2, 0) is 0 Å². The Morgan fingerprint density at radius 1 is 1.21 bits per heavy atom. The molecule has 2 rings (SSSR count). The molecule has 1 saturated carbocycles. The molecule has 5 nitrogen and oxygen atoms in total. The lowest BCUT2D eigenvalue weighted by Crippen LogP contribution is -2.27. The van der Waals surface area contributed by atoms with Crippen LogP contribution in [0.5, 0.6) is 0 Å². The van der Waals surface area contributed by atoms with Gasteiger partial charge in [-0.2, -0.15) is 0 Å². The number of amides is 1. The Morgan fingerprint density at radius 2 is 1.84 bits per heavy atom. The fourth-order valence-electron chi connectivity index (χ4n) is 2.78. The number of carbonyl (C=O) groups excluding carboxylic acids is 1. The van der Waals surface area contributed by atoms with Gasteiger partial charge in [0.05, 0.1) is 17.0 Å². The van der Waals surface area contributed by atoms with Crippen molar-refractivity contribution in [2.45, 2.75) is 44.9 Å². The summed E-state index contributed by atoms with van der Waals surface area (Å²) in [4.78, 5) is 22.5. The molecule has 0 atom stereocenters. The predicted molar refractivity (Wildman–Crippen MR) is 75.0 cm³/mol. The largest absolute Gasteiger partial charge is 0.368 e. The Morgan fingerprint density at radius 3 is 2.42 bits per heavy atom. The molecule has 1 aliphatic carbocycles. The highest BCUT2D eigenvalue weighted by atomic mass is 16.2. The van der Waals surface area contributed by atoms with Gasteiger partial charge in [0, 0.05) is 20.0 Å². The summed E-state index contributed by atoms with van der Waals surface area (Å²) in [5.41, 5.74) is 7.95. The first-order valence-electron chi connectivity index (χ1n) is 6.86. The first-order valence-corrected chi connectivity index (χ1v) is 6.86. The summed E-state index contributed by atoms with van der Waals surface area (Å²) >= 11 is 0. The van der Waals surface area contributed by atoms with E-state index in [0.29, 0.717) is 17.2 Å². The molecule has 0 bridgehead atoms. The predicted octanol–water partition coefficient (Wildman–Crippen LogP) is 2.12. The lowest BCUT2D eigenvalue weighted by atomic mass is 9.84. The van der Waals surface area contributed by atoms with Crippen molar-refractivity contribution in [1.82, 2.24) is 14.9 Å². The summed E-state index contributed by atoms with van der Waals surface area (Å²) in [7, 11) is 3.51. The SMILES string of the molecule is Cc1nc(N)nc(C2CCCCC2)c1C(=O)N(C)C. The van der Waals surface area contributed by atoms with Crippen molar-refractivity contribution in [1.29, 1.82) is 0 Å². The van der Waals surface area contributed by atoms with Crippen molar-refractivity contribution in [3.8, 4) is 0 Å². The van der Waals surface area contributed by atoms with Gasteiger partial charge in [0.1, 0.15) is 0 Å². The van der Waals surface area contributed by atoms with Crippen molar-refractivity contribution in [3.05, 3.63) is 17.0 Å². The number of rotatable bonds is 2. The topological polar surface area (TPSA) is 72.1 Å². The molecule has 1 amide bonds. The maximum Gasteiger partial charge on any atom is 0.257 e. The van der Waals surface area contributed by atoms with Gasteiger partial charge in [0.2, 0.25) is 5.95 Å². The monoisotopic (exact) mass is 262 g/mol. The van der Waals surface area contributed by atoms with Crippen molar-refractivity contribution >= 4 is 11.9 Å². The zero-order chi connectivity index (χ0) is 14.0. The summed E-state index contributed by atoms with van der Waals surface area (Å²) in [5.74, 6) is 0.586. The van der Waals surface area contributed by atoms with E-state index in [1.165, 1.54) is 19.3 Å². The number of aryl methyl sites for hydroxylation is 1. The zero-order valence-corrected chi connectivity index (χ0v) is 11.9. The maximum atomic E-state index is 12.3.